The molecule has 124 valence electrons. The average molecular weight is 327 g/mol. The number of nitrogens with one attached hydrogen (secondary N) is 1. The Balaban J connectivity index is 1.56. The van der Waals surface area contributed by atoms with Gasteiger partial charge in [0.2, 0.25) is 5.82 Å². The number of rotatable bonds is 2. The lowest BCUT2D eigenvalue weighted by Crippen LogP contribution is -2.39. The molecule has 3 aromatic rings. The van der Waals surface area contributed by atoms with Crippen molar-refractivity contribution in [1.29, 1.82) is 0 Å². The number of benzene rings is 1. The quantitative estimate of drug-likeness (QED) is 0.764. The first-order valence-corrected chi connectivity index (χ1v) is 7.90. The third-order valence-corrected chi connectivity index (χ3v) is 4.34. The monoisotopic (exact) mass is 327 g/mol. The lowest BCUT2D eigenvalue weighted by atomic mass is 9.98. The topological polar surface area (TPSA) is 97.0 Å². The Morgan fingerprint density at radius 1 is 1.38 bits per heavy atom. The van der Waals surface area contributed by atoms with Crippen LogP contribution in [-0.2, 0) is 7.05 Å². The molecule has 0 radical (unpaired) electrons. The molecule has 0 spiro atoms. The van der Waals surface area contributed by atoms with Crippen molar-refractivity contribution >= 4 is 17.0 Å². The Bertz CT molecular complexity index is 921. The second-order valence-electron chi connectivity index (χ2n) is 6.01. The molecule has 3 heterocycles. The number of nitrogens with zero attached hydrogens (tertiary/aromatic N) is 4. The van der Waals surface area contributed by atoms with Crippen molar-refractivity contribution in [3.05, 3.63) is 46.5 Å². The molecule has 0 bridgehead atoms. The highest BCUT2D eigenvalue weighted by molar-refractivity contribution is 5.90. The predicted molar refractivity (Wildman–Crippen MR) is 85.7 cm³/mol. The van der Waals surface area contributed by atoms with Gasteiger partial charge in [-0.25, -0.2) is 14.5 Å². The molecule has 1 aliphatic heterocycles. The molecule has 1 aliphatic rings. The maximum Gasteiger partial charge on any atom is 0.343 e. The molecule has 1 N–H and O–H groups in total. The number of likely N-dealkylation sites (tertiary alicyclic amines) is 1. The van der Waals surface area contributed by atoms with Gasteiger partial charge >= 0.3 is 5.69 Å². The Morgan fingerprint density at radius 2 is 2.21 bits per heavy atom. The van der Waals surface area contributed by atoms with Gasteiger partial charge in [-0.05, 0) is 25.0 Å². The number of amides is 1. The van der Waals surface area contributed by atoms with Crippen molar-refractivity contribution in [1.82, 2.24) is 24.6 Å². The molecule has 8 nitrogen and oxygen atoms in total. The minimum atomic E-state index is -0.397. The van der Waals surface area contributed by atoms with Crippen LogP contribution >= 0.6 is 0 Å². The van der Waals surface area contributed by atoms with Crippen LogP contribution in [0.5, 0.6) is 0 Å². The summed E-state index contributed by atoms with van der Waals surface area (Å²) >= 11 is 0. The molecule has 1 aromatic carbocycles. The molecule has 2 aromatic heterocycles. The van der Waals surface area contributed by atoms with Crippen LogP contribution in [-0.4, -0.2) is 43.6 Å². The molecule has 1 saturated heterocycles. The summed E-state index contributed by atoms with van der Waals surface area (Å²) in [5.74, 6) is 0.503. The normalized spacial score (nSPS) is 18.2. The highest BCUT2D eigenvalue weighted by Gasteiger charge is 2.30. The summed E-state index contributed by atoms with van der Waals surface area (Å²) in [5.41, 5.74) is 1.18. The number of aryl methyl sites for hydroxylation is 1. The zero-order valence-electron chi connectivity index (χ0n) is 13.2. The standard InChI is InChI=1S/C16H17N5O3/c1-20-16(23)18-13(19-20)15(22)21-8-4-5-10(9-21)14-17-11-6-2-3-7-12(11)24-14/h2-3,6-7,10H,4-5,8-9H2,1H3,(H,18,19,23). The van der Waals surface area contributed by atoms with Crippen molar-refractivity contribution < 1.29 is 9.21 Å². The molecule has 1 fully saturated rings. The van der Waals surface area contributed by atoms with Crippen molar-refractivity contribution in [2.45, 2.75) is 18.8 Å². The van der Waals surface area contributed by atoms with Crippen LogP contribution in [0, 0.1) is 0 Å². The summed E-state index contributed by atoms with van der Waals surface area (Å²) < 4.78 is 6.96. The number of carbonyl (C=O) groups is 1. The number of aromatic amines is 1. The van der Waals surface area contributed by atoms with Gasteiger partial charge in [-0.15, -0.1) is 5.10 Å². The van der Waals surface area contributed by atoms with Crippen molar-refractivity contribution in [3.63, 3.8) is 0 Å². The number of H-pyrrole nitrogens is 1. The van der Waals surface area contributed by atoms with Crippen LogP contribution in [0.3, 0.4) is 0 Å². The largest absolute Gasteiger partial charge is 0.440 e. The second kappa shape index (κ2) is 5.63. The Labute approximate surface area is 137 Å². The minimum Gasteiger partial charge on any atom is -0.440 e. The fourth-order valence-corrected chi connectivity index (χ4v) is 3.08. The van der Waals surface area contributed by atoms with E-state index in [1.165, 1.54) is 7.05 Å². The first-order valence-electron chi connectivity index (χ1n) is 7.90. The number of aromatic nitrogens is 4. The number of piperidine rings is 1. The molecule has 4 rings (SSSR count). The number of para-hydroxylation sites is 2. The molecule has 24 heavy (non-hydrogen) atoms. The average Bonchev–Trinajstić information content (AvgIpc) is 3.18. The van der Waals surface area contributed by atoms with E-state index in [1.54, 1.807) is 4.90 Å². The van der Waals surface area contributed by atoms with E-state index in [0.717, 1.165) is 28.6 Å². The molecular formula is C16H17N5O3. The molecule has 1 amide bonds. The van der Waals surface area contributed by atoms with Gasteiger partial charge in [-0.3, -0.25) is 9.78 Å². The number of fused-ring (bicyclic) bond motifs is 1. The lowest BCUT2D eigenvalue weighted by molar-refractivity contribution is 0.0686. The first kappa shape index (κ1) is 14.7. The van der Waals surface area contributed by atoms with Crippen molar-refractivity contribution in [3.8, 4) is 0 Å². The van der Waals surface area contributed by atoms with E-state index < -0.39 is 5.69 Å². The predicted octanol–water partition coefficient (Wildman–Crippen LogP) is 1.27. The van der Waals surface area contributed by atoms with E-state index in [9.17, 15) is 9.59 Å². The van der Waals surface area contributed by atoms with Crippen LogP contribution in [0.1, 0.15) is 35.3 Å². The van der Waals surface area contributed by atoms with Crippen LogP contribution < -0.4 is 5.69 Å². The summed E-state index contributed by atoms with van der Waals surface area (Å²) in [5, 5.41) is 3.94. The SMILES string of the molecule is Cn1nc(C(=O)N2CCCC(c3nc4ccccc4o3)C2)[nH]c1=O. The fraction of sp³-hybridized carbons (Fsp3) is 0.375. The maximum absolute atomic E-state index is 12.5. The van der Waals surface area contributed by atoms with E-state index in [0.29, 0.717) is 19.0 Å². The van der Waals surface area contributed by atoms with E-state index in [1.807, 2.05) is 24.3 Å². The molecule has 1 unspecified atom stereocenters. The summed E-state index contributed by atoms with van der Waals surface area (Å²) in [6, 6.07) is 7.62. The minimum absolute atomic E-state index is 0.0468. The highest BCUT2D eigenvalue weighted by atomic mass is 16.3. The van der Waals surface area contributed by atoms with Gasteiger partial charge in [0.25, 0.3) is 5.91 Å². The Hall–Kier alpha value is -2.90. The van der Waals surface area contributed by atoms with Gasteiger partial charge in [-0.1, -0.05) is 12.1 Å². The summed E-state index contributed by atoms with van der Waals surface area (Å²) in [7, 11) is 1.51. The first-order chi connectivity index (χ1) is 11.6. The number of carbonyl (C=O) groups excluding carboxylic acids is 1. The summed E-state index contributed by atoms with van der Waals surface area (Å²) in [6.45, 7) is 1.14. The van der Waals surface area contributed by atoms with Crippen LogP contribution in [0.4, 0.5) is 0 Å². The van der Waals surface area contributed by atoms with Crippen LogP contribution in [0.25, 0.3) is 11.1 Å². The van der Waals surface area contributed by atoms with E-state index in [-0.39, 0.29) is 17.6 Å². The summed E-state index contributed by atoms with van der Waals surface area (Å²) in [6.07, 6.45) is 1.77. The second-order valence-corrected chi connectivity index (χ2v) is 6.01. The van der Waals surface area contributed by atoms with Gasteiger partial charge in [-0.2, -0.15) is 0 Å². The highest BCUT2D eigenvalue weighted by Crippen LogP contribution is 2.29. The molecule has 1 atom stereocenters. The third-order valence-electron chi connectivity index (χ3n) is 4.34. The van der Waals surface area contributed by atoms with E-state index in [4.69, 9.17) is 4.42 Å². The van der Waals surface area contributed by atoms with Crippen molar-refractivity contribution in [2.24, 2.45) is 7.05 Å². The fourth-order valence-electron chi connectivity index (χ4n) is 3.08. The van der Waals surface area contributed by atoms with Crippen LogP contribution in [0.15, 0.2) is 33.5 Å². The number of oxazole rings is 1. The van der Waals surface area contributed by atoms with E-state index in [2.05, 4.69) is 15.1 Å². The number of hydrogen-bond donors (Lipinski definition) is 1. The zero-order valence-corrected chi connectivity index (χ0v) is 13.2. The Kier molecular flexibility index (Phi) is 3.44. The van der Waals surface area contributed by atoms with Gasteiger partial charge in [0.1, 0.15) is 5.52 Å². The van der Waals surface area contributed by atoms with Crippen molar-refractivity contribution in [2.75, 3.05) is 13.1 Å². The van der Waals surface area contributed by atoms with E-state index >= 15 is 0 Å². The van der Waals surface area contributed by atoms with Crippen LogP contribution in [0.2, 0.25) is 0 Å². The van der Waals surface area contributed by atoms with Gasteiger partial charge in [0.15, 0.2) is 11.5 Å². The van der Waals surface area contributed by atoms with Gasteiger partial charge in [0, 0.05) is 20.1 Å². The van der Waals surface area contributed by atoms with Gasteiger partial charge in [0.05, 0.1) is 5.92 Å². The molecule has 0 aliphatic carbocycles. The van der Waals surface area contributed by atoms with Gasteiger partial charge < -0.3 is 9.32 Å². The molecule has 8 heteroatoms. The molecule has 0 saturated carbocycles. The smallest absolute Gasteiger partial charge is 0.343 e. The number of hydrogen-bond acceptors (Lipinski definition) is 5. The molecular weight excluding hydrogens is 310 g/mol. The Morgan fingerprint density at radius 3 is 2.96 bits per heavy atom. The zero-order chi connectivity index (χ0) is 16.7. The maximum atomic E-state index is 12.5. The summed E-state index contributed by atoms with van der Waals surface area (Å²) in [4.78, 5) is 32.7. The lowest BCUT2D eigenvalue weighted by Gasteiger charge is -2.30. The third kappa shape index (κ3) is 2.49.